The third-order valence-corrected chi connectivity index (χ3v) is 5.89. The molecule has 4 nitrogen and oxygen atoms in total. The van der Waals surface area contributed by atoms with Crippen molar-refractivity contribution in [3.8, 4) is 0 Å². The van der Waals surface area contributed by atoms with Gasteiger partial charge in [0.1, 0.15) is 0 Å². The van der Waals surface area contributed by atoms with Gasteiger partial charge in [0.05, 0.1) is 5.92 Å². The van der Waals surface area contributed by atoms with Crippen LogP contribution in [0.5, 0.6) is 0 Å². The second-order valence-electron chi connectivity index (χ2n) is 6.34. The summed E-state index contributed by atoms with van der Waals surface area (Å²) in [6.07, 6.45) is 3.63. The van der Waals surface area contributed by atoms with Crippen molar-refractivity contribution in [1.29, 1.82) is 0 Å². The van der Waals surface area contributed by atoms with E-state index in [4.69, 9.17) is 9.05 Å². The van der Waals surface area contributed by atoms with Gasteiger partial charge in [0, 0.05) is 0 Å². The standard InChI is InChI=1S/C20H15O4P/c21-25(22)23-20(24-25)13-12-15-7-2-4-10-17(15)19(20)18-11-5-8-14-6-1-3-9-16(14)18/h1-13,19H,(H,21,22)/t19-/m0/s1. The monoisotopic (exact) mass is 350 g/mol. The van der Waals surface area contributed by atoms with Gasteiger partial charge in [0.15, 0.2) is 0 Å². The summed E-state index contributed by atoms with van der Waals surface area (Å²) in [7, 11) is -3.98. The first-order valence-electron chi connectivity index (χ1n) is 8.08. The lowest BCUT2D eigenvalue weighted by Crippen LogP contribution is -2.48. The average Bonchev–Trinajstić information content (AvgIpc) is 2.60. The van der Waals surface area contributed by atoms with Gasteiger partial charge in [-0.3, -0.25) is 0 Å². The van der Waals surface area contributed by atoms with Crippen molar-refractivity contribution in [3.05, 3.63) is 89.5 Å². The van der Waals surface area contributed by atoms with Crippen LogP contribution in [0, 0.1) is 0 Å². The summed E-state index contributed by atoms with van der Waals surface area (Å²) >= 11 is 0. The maximum absolute atomic E-state index is 11.8. The Morgan fingerprint density at radius 3 is 2.40 bits per heavy atom. The summed E-state index contributed by atoms with van der Waals surface area (Å²) in [6.45, 7) is 0. The number of benzene rings is 3. The molecule has 1 fully saturated rings. The van der Waals surface area contributed by atoms with E-state index in [0.717, 1.165) is 27.5 Å². The van der Waals surface area contributed by atoms with E-state index in [0.29, 0.717) is 0 Å². The molecule has 3 aromatic rings. The van der Waals surface area contributed by atoms with Crippen molar-refractivity contribution < 1.29 is 18.5 Å². The molecule has 1 heterocycles. The van der Waals surface area contributed by atoms with E-state index in [9.17, 15) is 9.46 Å². The van der Waals surface area contributed by atoms with Crippen LogP contribution in [-0.2, 0) is 13.6 Å². The molecule has 0 bridgehead atoms. The van der Waals surface area contributed by atoms with Gasteiger partial charge in [-0.25, -0.2) is 13.6 Å². The van der Waals surface area contributed by atoms with E-state index in [2.05, 4.69) is 18.2 Å². The molecule has 0 aromatic heterocycles. The molecule has 25 heavy (non-hydrogen) atoms. The Bertz CT molecular complexity index is 1060. The molecule has 1 atom stereocenters. The number of phosphoric acid groups is 1. The van der Waals surface area contributed by atoms with Gasteiger partial charge in [-0.15, -0.1) is 0 Å². The van der Waals surface area contributed by atoms with Crippen molar-refractivity contribution >= 4 is 24.7 Å². The van der Waals surface area contributed by atoms with Crippen molar-refractivity contribution in [2.45, 2.75) is 11.7 Å². The summed E-state index contributed by atoms with van der Waals surface area (Å²) in [6, 6.07) is 22.1. The first kappa shape index (κ1) is 15.1. The molecule has 2 aliphatic rings. The highest BCUT2D eigenvalue weighted by Crippen LogP contribution is 2.68. The van der Waals surface area contributed by atoms with Crippen molar-refractivity contribution in [2.24, 2.45) is 0 Å². The summed E-state index contributed by atoms with van der Waals surface area (Å²) in [5.41, 5.74) is 3.08. The van der Waals surface area contributed by atoms with E-state index in [1.807, 2.05) is 54.6 Å². The molecular weight excluding hydrogens is 335 g/mol. The molecule has 1 saturated heterocycles. The second kappa shape index (κ2) is 5.13. The summed E-state index contributed by atoms with van der Waals surface area (Å²) in [4.78, 5) is 9.63. The number of phosphoric ester groups is 1. The fourth-order valence-corrected chi connectivity index (χ4v) is 4.93. The molecule has 1 aliphatic carbocycles. The zero-order valence-corrected chi connectivity index (χ0v) is 14.1. The fraction of sp³-hybridized carbons (Fsp3) is 0.100. The predicted octanol–water partition coefficient (Wildman–Crippen LogP) is 4.84. The van der Waals surface area contributed by atoms with Crippen LogP contribution in [0.1, 0.15) is 22.6 Å². The van der Waals surface area contributed by atoms with Crippen molar-refractivity contribution in [3.63, 3.8) is 0 Å². The molecule has 5 rings (SSSR count). The molecule has 0 amide bonds. The van der Waals surface area contributed by atoms with Crippen LogP contribution in [0.15, 0.2) is 72.8 Å². The molecule has 1 aliphatic heterocycles. The number of hydrogen-bond donors (Lipinski definition) is 1. The Morgan fingerprint density at radius 2 is 1.56 bits per heavy atom. The van der Waals surface area contributed by atoms with Crippen molar-refractivity contribution in [2.75, 3.05) is 0 Å². The van der Waals surface area contributed by atoms with Crippen LogP contribution >= 0.6 is 7.82 Å². The van der Waals surface area contributed by atoms with Crippen molar-refractivity contribution in [1.82, 2.24) is 0 Å². The van der Waals surface area contributed by atoms with E-state index in [1.54, 1.807) is 6.08 Å². The van der Waals surface area contributed by atoms with Gasteiger partial charge < -0.3 is 4.89 Å². The van der Waals surface area contributed by atoms with Gasteiger partial charge in [-0.1, -0.05) is 72.8 Å². The van der Waals surface area contributed by atoms with Crippen LogP contribution in [0.2, 0.25) is 0 Å². The fourth-order valence-electron chi connectivity index (χ4n) is 3.86. The highest BCUT2D eigenvalue weighted by atomic mass is 31.2. The third kappa shape index (κ3) is 2.23. The van der Waals surface area contributed by atoms with Crippen LogP contribution < -0.4 is 0 Å². The number of fused-ring (bicyclic) bond motifs is 2. The van der Waals surface area contributed by atoms with Crippen LogP contribution in [-0.4, -0.2) is 10.7 Å². The molecule has 1 spiro atoms. The predicted molar refractivity (Wildman–Crippen MR) is 96.0 cm³/mol. The molecule has 0 radical (unpaired) electrons. The largest absolute Gasteiger partial charge is 0.477 e. The SMILES string of the molecule is O=P1(O)OC2(C=Cc3ccccc3[C@H]2c2cccc3ccccc23)O1. The lowest BCUT2D eigenvalue weighted by Gasteiger charge is -2.48. The quantitative estimate of drug-likeness (QED) is 0.638. The molecule has 0 saturated carbocycles. The minimum absolute atomic E-state index is 0.325. The molecular formula is C20H15O4P. The van der Waals surface area contributed by atoms with Crippen LogP contribution in [0.25, 0.3) is 16.8 Å². The normalized spacial score (nSPS) is 30.2. The molecule has 5 heteroatoms. The maximum atomic E-state index is 11.8. The smallest absolute Gasteiger partial charge is 0.302 e. The third-order valence-electron chi connectivity index (χ3n) is 4.86. The van der Waals surface area contributed by atoms with Gasteiger partial charge in [-0.2, -0.15) is 0 Å². The zero-order valence-electron chi connectivity index (χ0n) is 13.2. The van der Waals surface area contributed by atoms with Gasteiger partial charge >= 0.3 is 7.82 Å². The first-order chi connectivity index (χ1) is 12.1. The van der Waals surface area contributed by atoms with Gasteiger partial charge in [-0.05, 0) is 33.5 Å². The van der Waals surface area contributed by atoms with Crippen LogP contribution in [0.4, 0.5) is 0 Å². The molecule has 3 aromatic carbocycles. The molecule has 1 N–H and O–H groups in total. The Hall–Kier alpha value is -2.23. The maximum Gasteiger partial charge on any atom is 0.477 e. The summed E-state index contributed by atoms with van der Waals surface area (Å²) in [5, 5.41) is 2.18. The number of hydrogen-bond acceptors (Lipinski definition) is 3. The van der Waals surface area contributed by atoms with E-state index >= 15 is 0 Å². The first-order valence-corrected chi connectivity index (χ1v) is 9.58. The summed E-state index contributed by atoms with van der Waals surface area (Å²) in [5.74, 6) is -1.57. The van der Waals surface area contributed by atoms with E-state index < -0.39 is 13.6 Å². The Morgan fingerprint density at radius 1 is 0.880 bits per heavy atom. The topological polar surface area (TPSA) is 55.8 Å². The average molecular weight is 350 g/mol. The van der Waals surface area contributed by atoms with E-state index in [-0.39, 0.29) is 5.92 Å². The lowest BCUT2D eigenvalue weighted by atomic mass is 9.77. The van der Waals surface area contributed by atoms with Gasteiger partial charge in [0.2, 0.25) is 5.79 Å². The van der Waals surface area contributed by atoms with Gasteiger partial charge in [0.25, 0.3) is 0 Å². The minimum atomic E-state index is -3.98. The Balaban J connectivity index is 1.78. The minimum Gasteiger partial charge on any atom is -0.302 e. The Kier molecular flexibility index (Phi) is 3.09. The van der Waals surface area contributed by atoms with E-state index in [1.165, 1.54) is 0 Å². The lowest BCUT2D eigenvalue weighted by molar-refractivity contribution is -0.190. The Labute approximate surface area is 144 Å². The molecule has 124 valence electrons. The second-order valence-corrected chi connectivity index (χ2v) is 7.64. The highest BCUT2D eigenvalue weighted by molar-refractivity contribution is 7.48. The highest BCUT2D eigenvalue weighted by Gasteiger charge is 2.60. The van der Waals surface area contributed by atoms with Crippen LogP contribution in [0.3, 0.4) is 0 Å². The summed E-state index contributed by atoms with van der Waals surface area (Å²) < 4.78 is 22.6. The number of rotatable bonds is 1. The molecule has 0 unspecified atom stereocenters. The zero-order chi connectivity index (χ0) is 17.1.